The van der Waals surface area contributed by atoms with E-state index < -0.39 is 5.41 Å². The van der Waals surface area contributed by atoms with E-state index in [9.17, 15) is 0 Å². The van der Waals surface area contributed by atoms with Crippen molar-refractivity contribution in [2.45, 2.75) is 24.7 Å². The van der Waals surface area contributed by atoms with Crippen LogP contribution < -0.4 is 9.64 Å². The number of anilines is 3. The maximum atomic E-state index is 7.13. The number of ether oxygens (including phenoxy) is 1. The molecule has 2 heteroatoms. The molecule has 1 heterocycles. The third-order valence-corrected chi connectivity index (χ3v) is 15.1. The van der Waals surface area contributed by atoms with E-state index in [4.69, 9.17) is 4.74 Å². The second-order valence-electron chi connectivity index (χ2n) is 18.7. The Hall–Kier alpha value is -8.20. The van der Waals surface area contributed by atoms with Gasteiger partial charge in [-0.25, -0.2) is 0 Å². The van der Waals surface area contributed by atoms with Crippen LogP contribution >= 0.6 is 0 Å². The zero-order valence-electron chi connectivity index (χ0n) is 36.7. The molecule has 14 rings (SSSR count). The van der Waals surface area contributed by atoms with E-state index in [0.717, 1.165) is 56.4 Å². The molecule has 310 valence electrons. The molecule has 10 aromatic rings. The summed E-state index contributed by atoms with van der Waals surface area (Å²) in [5, 5.41) is 0. The van der Waals surface area contributed by atoms with Crippen molar-refractivity contribution in [3.8, 4) is 78.3 Å². The monoisotopic (exact) mass is 841 g/mol. The first kappa shape index (κ1) is 37.2. The Bertz CT molecular complexity index is 3610. The second-order valence-corrected chi connectivity index (χ2v) is 18.7. The van der Waals surface area contributed by atoms with Gasteiger partial charge in [-0.15, -0.1) is 0 Å². The minimum atomic E-state index is -0.482. The molecular formula is C64H43NO. The molecule has 0 fully saturated rings. The lowest BCUT2D eigenvalue weighted by molar-refractivity contribution is 0.488. The van der Waals surface area contributed by atoms with Crippen LogP contribution in [0.5, 0.6) is 11.5 Å². The van der Waals surface area contributed by atoms with Crippen LogP contribution in [0.2, 0.25) is 0 Å². The predicted molar refractivity (Wildman–Crippen MR) is 271 cm³/mol. The van der Waals surface area contributed by atoms with E-state index in [1.165, 1.54) is 72.3 Å². The number of benzene rings is 10. The summed E-state index contributed by atoms with van der Waals surface area (Å²) in [4.78, 5) is 2.51. The van der Waals surface area contributed by atoms with Crippen molar-refractivity contribution < 1.29 is 4.74 Å². The molecule has 0 unspecified atom stereocenters. The van der Waals surface area contributed by atoms with E-state index in [2.05, 4.69) is 243 Å². The summed E-state index contributed by atoms with van der Waals surface area (Å²) >= 11 is 0. The van der Waals surface area contributed by atoms with Gasteiger partial charge in [0.15, 0.2) is 0 Å². The Morgan fingerprint density at radius 2 is 0.818 bits per heavy atom. The highest BCUT2D eigenvalue weighted by molar-refractivity contribution is 6.01. The number of nitrogens with zero attached hydrogens (tertiary/aromatic N) is 1. The van der Waals surface area contributed by atoms with Crippen molar-refractivity contribution in [2.24, 2.45) is 0 Å². The van der Waals surface area contributed by atoms with Crippen LogP contribution in [-0.4, -0.2) is 0 Å². The summed E-state index contributed by atoms with van der Waals surface area (Å²) < 4.78 is 7.13. The predicted octanol–water partition coefficient (Wildman–Crippen LogP) is 16.9. The van der Waals surface area contributed by atoms with Crippen LogP contribution in [0.4, 0.5) is 17.1 Å². The third kappa shape index (κ3) is 4.96. The highest BCUT2D eigenvalue weighted by atomic mass is 16.5. The Labute approximate surface area is 385 Å². The van der Waals surface area contributed by atoms with Gasteiger partial charge in [0.05, 0.1) is 11.1 Å². The van der Waals surface area contributed by atoms with E-state index in [1.54, 1.807) is 0 Å². The topological polar surface area (TPSA) is 12.5 Å². The van der Waals surface area contributed by atoms with Gasteiger partial charge in [-0.2, -0.15) is 0 Å². The number of hydrogen-bond donors (Lipinski definition) is 0. The van der Waals surface area contributed by atoms with Crippen LogP contribution in [0.3, 0.4) is 0 Å². The quantitative estimate of drug-likeness (QED) is 0.175. The van der Waals surface area contributed by atoms with Crippen molar-refractivity contribution >= 4 is 17.1 Å². The van der Waals surface area contributed by atoms with E-state index in [-0.39, 0.29) is 5.41 Å². The molecule has 10 aromatic carbocycles. The minimum absolute atomic E-state index is 0.185. The number of rotatable bonds is 4. The van der Waals surface area contributed by atoms with Gasteiger partial charge in [0.2, 0.25) is 0 Å². The smallest absolute Gasteiger partial charge is 0.137 e. The molecule has 0 amide bonds. The van der Waals surface area contributed by atoms with E-state index >= 15 is 0 Å². The van der Waals surface area contributed by atoms with Crippen LogP contribution in [-0.2, 0) is 10.8 Å². The highest BCUT2D eigenvalue weighted by Crippen LogP contribution is 2.64. The molecular weight excluding hydrogens is 799 g/mol. The van der Waals surface area contributed by atoms with Crippen molar-refractivity contribution in [3.63, 3.8) is 0 Å². The van der Waals surface area contributed by atoms with Crippen LogP contribution in [0.1, 0.15) is 47.2 Å². The largest absolute Gasteiger partial charge is 0.456 e. The van der Waals surface area contributed by atoms with Gasteiger partial charge in [-0.1, -0.05) is 190 Å². The molecule has 0 bridgehead atoms. The first-order valence-electron chi connectivity index (χ1n) is 23.1. The minimum Gasteiger partial charge on any atom is -0.456 e. The van der Waals surface area contributed by atoms with Crippen molar-refractivity contribution in [3.05, 3.63) is 258 Å². The van der Waals surface area contributed by atoms with Crippen molar-refractivity contribution in [1.29, 1.82) is 0 Å². The molecule has 66 heavy (non-hydrogen) atoms. The molecule has 0 aromatic heterocycles. The summed E-state index contributed by atoms with van der Waals surface area (Å²) in [6.45, 7) is 4.74. The summed E-state index contributed by atoms with van der Waals surface area (Å²) in [6.07, 6.45) is 0. The molecule has 0 saturated carbocycles. The first-order valence-corrected chi connectivity index (χ1v) is 23.1. The Morgan fingerprint density at radius 3 is 1.45 bits per heavy atom. The average Bonchev–Trinajstić information content (AvgIpc) is 3.88. The third-order valence-electron chi connectivity index (χ3n) is 15.1. The van der Waals surface area contributed by atoms with Crippen molar-refractivity contribution in [1.82, 2.24) is 0 Å². The van der Waals surface area contributed by atoms with Crippen LogP contribution in [0, 0.1) is 0 Å². The normalized spacial score (nSPS) is 14.3. The first-order chi connectivity index (χ1) is 32.5. The molecule has 0 radical (unpaired) electrons. The maximum absolute atomic E-state index is 7.13. The Morgan fingerprint density at radius 1 is 0.318 bits per heavy atom. The molecule has 1 aliphatic heterocycles. The lowest BCUT2D eigenvalue weighted by Crippen LogP contribution is -2.26. The van der Waals surface area contributed by atoms with Crippen LogP contribution in [0.15, 0.2) is 224 Å². The zero-order chi connectivity index (χ0) is 43.7. The lowest BCUT2D eigenvalue weighted by atomic mass is 9.70. The fourth-order valence-electron chi connectivity index (χ4n) is 12.2. The number of hydrogen-bond acceptors (Lipinski definition) is 2. The standard InChI is InChI=1S/C64H43NO/c1-63(2)53-25-12-8-20-45(53)49-34-32-42(38-57(49)63)65(59-29-16-30-61-62(59)51-24-7-6-19-44(51)52-37-41(31-36-60(52)66-61)40-17-4-3-5-18-40)43-33-35-50-48-23-11-15-28-56(48)64(58(50)39-43)54-26-13-9-21-46(54)47-22-10-14-27-55(47)64/h3-39H,1-2H3. The lowest BCUT2D eigenvalue weighted by Gasteiger charge is -2.33. The summed E-state index contributed by atoms with van der Waals surface area (Å²) in [5.41, 5.74) is 25.1. The van der Waals surface area contributed by atoms with Gasteiger partial charge in [0.25, 0.3) is 0 Å². The van der Waals surface area contributed by atoms with Crippen LogP contribution in [0.25, 0.3) is 66.8 Å². The van der Waals surface area contributed by atoms with Gasteiger partial charge in [0, 0.05) is 27.9 Å². The molecule has 1 spiro atoms. The maximum Gasteiger partial charge on any atom is 0.137 e. The second kappa shape index (κ2) is 13.7. The van der Waals surface area contributed by atoms with Gasteiger partial charge < -0.3 is 9.64 Å². The fourth-order valence-corrected chi connectivity index (χ4v) is 12.2. The average molecular weight is 842 g/mol. The molecule has 2 nitrogen and oxygen atoms in total. The molecule has 0 atom stereocenters. The van der Waals surface area contributed by atoms with Gasteiger partial charge >= 0.3 is 0 Å². The summed E-state index contributed by atoms with van der Waals surface area (Å²) in [7, 11) is 0. The summed E-state index contributed by atoms with van der Waals surface area (Å²) in [6, 6.07) is 83.2. The Balaban J connectivity index is 1.04. The fraction of sp³-hybridized carbons (Fsp3) is 0.0625. The van der Waals surface area contributed by atoms with Gasteiger partial charge in [-0.05, 0) is 138 Å². The molecule has 0 N–H and O–H groups in total. The highest BCUT2D eigenvalue weighted by Gasteiger charge is 2.51. The number of fused-ring (bicyclic) bond motifs is 18. The SMILES string of the molecule is CC1(C)c2ccccc2-c2ccc(N(c3ccc4c(c3)C3(c5ccccc5-c5ccccc53)c3ccccc3-4)c3cccc4c3-c3ccccc3-c3cc(-c5ccccc5)ccc3O4)cc21. The molecule has 4 aliphatic rings. The molecule has 3 aliphatic carbocycles. The Kier molecular flexibility index (Phi) is 7.70. The molecule has 0 saturated heterocycles. The van der Waals surface area contributed by atoms with Gasteiger partial charge in [-0.3, -0.25) is 0 Å². The van der Waals surface area contributed by atoms with E-state index in [0.29, 0.717) is 0 Å². The van der Waals surface area contributed by atoms with Gasteiger partial charge in [0.1, 0.15) is 11.5 Å². The summed E-state index contributed by atoms with van der Waals surface area (Å²) in [5.74, 6) is 1.67. The zero-order valence-corrected chi connectivity index (χ0v) is 36.7. The van der Waals surface area contributed by atoms with E-state index in [1.807, 2.05) is 0 Å². The van der Waals surface area contributed by atoms with Crippen molar-refractivity contribution in [2.75, 3.05) is 4.90 Å².